The number of piperidine rings is 1. The maximum Gasteiger partial charge on any atom is 0.274 e. The Morgan fingerprint density at radius 2 is 1.74 bits per heavy atom. The molecular weight excluding hydrogens is 356 g/mol. The number of benzene rings is 1. The van der Waals surface area contributed by atoms with Gasteiger partial charge in [0, 0.05) is 36.3 Å². The maximum atomic E-state index is 12.6. The summed E-state index contributed by atoms with van der Waals surface area (Å²) in [6, 6.07) is 8.78. The fourth-order valence-corrected chi connectivity index (χ4v) is 4.83. The molecule has 2 aliphatic heterocycles. The molecule has 4 rings (SSSR count). The van der Waals surface area contributed by atoms with Crippen LogP contribution in [-0.2, 0) is 0 Å². The summed E-state index contributed by atoms with van der Waals surface area (Å²) in [6.07, 6.45) is 7.80. The van der Waals surface area contributed by atoms with E-state index in [-0.39, 0.29) is 5.91 Å². The summed E-state index contributed by atoms with van der Waals surface area (Å²) >= 11 is 1.97. The summed E-state index contributed by atoms with van der Waals surface area (Å²) < 4.78 is 0. The highest BCUT2D eigenvalue weighted by atomic mass is 32.2. The van der Waals surface area contributed by atoms with Gasteiger partial charge in [0.15, 0.2) is 0 Å². The lowest BCUT2D eigenvalue weighted by Crippen LogP contribution is -2.36. The first-order valence-electron chi connectivity index (χ1n) is 9.78. The fourth-order valence-electron chi connectivity index (χ4n) is 3.71. The van der Waals surface area contributed by atoms with Gasteiger partial charge in [0.2, 0.25) is 0 Å². The first kappa shape index (κ1) is 18.3. The number of hydrogen-bond acceptors (Lipinski definition) is 5. The normalized spacial score (nSPS) is 18.1. The van der Waals surface area contributed by atoms with Crippen molar-refractivity contribution in [3.8, 4) is 0 Å². The van der Waals surface area contributed by atoms with Crippen LogP contribution in [0.3, 0.4) is 0 Å². The summed E-state index contributed by atoms with van der Waals surface area (Å²) in [6.45, 7) is 5.72. The van der Waals surface area contributed by atoms with E-state index in [4.69, 9.17) is 0 Å². The smallest absolute Gasteiger partial charge is 0.274 e. The molecule has 0 aliphatic carbocycles. The summed E-state index contributed by atoms with van der Waals surface area (Å²) in [7, 11) is 0. The maximum absolute atomic E-state index is 12.6. The van der Waals surface area contributed by atoms with Crippen LogP contribution in [0.4, 0.5) is 5.82 Å². The number of amides is 1. The van der Waals surface area contributed by atoms with Crippen molar-refractivity contribution in [3.05, 3.63) is 47.9 Å². The molecule has 2 aliphatic rings. The zero-order chi connectivity index (χ0) is 18.6. The Balaban J connectivity index is 1.36. The van der Waals surface area contributed by atoms with Crippen molar-refractivity contribution in [2.45, 2.75) is 42.8 Å². The van der Waals surface area contributed by atoms with E-state index in [0.717, 1.165) is 57.7 Å². The molecule has 0 unspecified atom stereocenters. The van der Waals surface area contributed by atoms with E-state index in [1.165, 1.54) is 10.5 Å². The van der Waals surface area contributed by atoms with Gasteiger partial charge >= 0.3 is 0 Å². The largest absolute Gasteiger partial charge is 0.355 e. The van der Waals surface area contributed by atoms with Gasteiger partial charge in [0.25, 0.3) is 5.91 Å². The Labute approximate surface area is 165 Å². The molecule has 142 valence electrons. The molecule has 0 spiro atoms. The highest BCUT2D eigenvalue weighted by Crippen LogP contribution is 2.31. The third kappa shape index (κ3) is 4.43. The highest BCUT2D eigenvalue weighted by Gasteiger charge is 2.24. The van der Waals surface area contributed by atoms with Gasteiger partial charge in [-0.15, -0.1) is 11.8 Å². The van der Waals surface area contributed by atoms with Crippen LogP contribution in [0.5, 0.6) is 0 Å². The molecule has 1 amide bonds. The molecule has 1 aromatic carbocycles. The van der Waals surface area contributed by atoms with Gasteiger partial charge in [0.1, 0.15) is 11.5 Å². The van der Waals surface area contributed by atoms with Gasteiger partial charge in [-0.25, -0.2) is 4.98 Å². The van der Waals surface area contributed by atoms with Crippen molar-refractivity contribution in [2.75, 3.05) is 31.1 Å². The van der Waals surface area contributed by atoms with E-state index in [2.05, 4.69) is 46.1 Å². The minimum atomic E-state index is 0.0201. The van der Waals surface area contributed by atoms with Crippen LogP contribution in [0, 0.1) is 6.92 Å². The lowest BCUT2D eigenvalue weighted by Gasteiger charge is -2.32. The molecule has 0 radical (unpaired) electrons. The van der Waals surface area contributed by atoms with E-state index in [9.17, 15) is 4.79 Å². The molecule has 2 aromatic rings. The number of nitrogens with zero attached hydrogens (tertiary/aromatic N) is 4. The first-order valence-corrected chi connectivity index (χ1v) is 10.7. The topological polar surface area (TPSA) is 49.3 Å². The van der Waals surface area contributed by atoms with Crippen molar-refractivity contribution in [2.24, 2.45) is 0 Å². The van der Waals surface area contributed by atoms with Gasteiger partial charge in [0.05, 0.1) is 12.4 Å². The zero-order valence-electron chi connectivity index (χ0n) is 15.8. The number of rotatable bonds is 4. The second-order valence-corrected chi connectivity index (χ2v) is 8.75. The molecule has 0 saturated carbocycles. The Hall–Kier alpha value is -2.08. The average molecular weight is 383 g/mol. The molecule has 2 saturated heterocycles. The lowest BCUT2D eigenvalue weighted by atomic mass is 10.1. The quantitative estimate of drug-likeness (QED) is 0.805. The lowest BCUT2D eigenvalue weighted by molar-refractivity contribution is 0.0786. The standard InChI is InChI=1S/C21H26N4OS/c1-16-4-6-17(7-5-16)27-18-8-12-24(13-9-18)20-15-22-14-19(23-20)21(26)25-10-2-3-11-25/h4-7,14-15,18H,2-3,8-13H2,1H3. The molecule has 0 bridgehead atoms. The van der Waals surface area contributed by atoms with E-state index in [1.54, 1.807) is 12.4 Å². The van der Waals surface area contributed by atoms with Crippen molar-refractivity contribution < 1.29 is 4.79 Å². The Bertz CT molecular complexity index is 781. The number of aryl methyl sites for hydroxylation is 1. The van der Waals surface area contributed by atoms with Crippen LogP contribution >= 0.6 is 11.8 Å². The summed E-state index contributed by atoms with van der Waals surface area (Å²) in [5.41, 5.74) is 1.78. The predicted octanol–water partition coefficient (Wildman–Crippen LogP) is 3.78. The Morgan fingerprint density at radius 3 is 2.44 bits per heavy atom. The third-order valence-electron chi connectivity index (χ3n) is 5.32. The van der Waals surface area contributed by atoms with Crippen molar-refractivity contribution in [3.63, 3.8) is 0 Å². The third-order valence-corrected chi connectivity index (χ3v) is 6.67. The van der Waals surface area contributed by atoms with Gasteiger partial charge in [-0.3, -0.25) is 9.78 Å². The molecule has 5 nitrogen and oxygen atoms in total. The molecule has 6 heteroatoms. The minimum Gasteiger partial charge on any atom is -0.355 e. The van der Waals surface area contributed by atoms with Gasteiger partial charge in [-0.2, -0.15) is 0 Å². The monoisotopic (exact) mass is 382 g/mol. The zero-order valence-corrected chi connectivity index (χ0v) is 16.6. The molecule has 0 atom stereocenters. The molecule has 27 heavy (non-hydrogen) atoms. The number of thioether (sulfide) groups is 1. The van der Waals surface area contributed by atoms with Crippen LogP contribution in [0.15, 0.2) is 41.6 Å². The number of carbonyl (C=O) groups is 1. The summed E-state index contributed by atoms with van der Waals surface area (Å²) in [5, 5.41) is 0.631. The molecule has 0 N–H and O–H groups in total. The SMILES string of the molecule is Cc1ccc(SC2CCN(c3cncc(C(=O)N4CCCC4)n3)CC2)cc1. The van der Waals surface area contributed by atoms with E-state index in [0.29, 0.717) is 10.9 Å². The number of carbonyl (C=O) groups excluding carboxylic acids is 1. The van der Waals surface area contributed by atoms with Crippen LogP contribution in [-0.4, -0.2) is 52.2 Å². The van der Waals surface area contributed by atoms with E-state index >= 15 is 0 Å². The Kier molecular flexibility index (Phi) is 5.62. The molecular formula is C21H26N4OS. The molecule has 2 fully saturated rings. The van der Waals surface area contributed by atoms with E-state index < -0.39 is 0 Å². The number of anilines is 1. The fraction of sp³-hybridized carbons (Fsp3) is 0.476. The average Bonchev–Trinajstić information content (AvgIpc) is 3.25. The second kappa shape index (κ2) is 8.30. The van der Waals surface area contributed by atoms with Gasteiger partial charge < -0.3 is 9.80 Å². The van der Waals surface area contributed by atoms with E-state index in [1.807, 2.05) is 16.7 Å². The van der Waals surface area contributed by atoms with Crippen molar-refractivity contribution >= 4 is 23.5 Å². The van der Waals surface area contributed by atoms with Gasteiger partial charge in [-0.05, 0) is 44.7 Å². The highest BCUT2D eigenvalue weighted by molar-refractivity contribution is 8.00. The molecule has 3 heterocycles. The predicted molar refractivity (Wildman–Crippen MR) is 109 cm³/mol. The van der Waals surface area contributed by atoms with Crippen LogP contribution < -0.4 is 4.90 Å². The van der Waals surface area contributed by atoms with Crippen LogP contribution in [0.2, 0.25) is 0 Å². The summed E-state index contributed by atoms with van der Waals surface area (Å²) in [4.78, 5) is 27.0. The van der Waals surface area contributed by atoms with Crippen molar-refractivity contribution in [1.29, 1.82) is 0 Å². The number of likely N-dealkylation sites (tertiary alicyclic amines) is 1. The van der Waals surface area contributed by atoms with Crippen molar-refractivity contribution in [1.82, 2.24) is 14.9 Å². The minimum absolute atomic E-state index is 0.0201. The second-order valence-electron chi connectivity index (χ2n) is 7.38. The van der Waals surface area contributed by atoms with Crippen LogP contribution in [0.25, 0.3) is 0 Å². The van der Waals surface area contributed by atoms with Crippen LogP contribution in [0.1, 0.15) is 41.7 Å². The Morgan fingerprint density at radius 1 is 1.04 bits per heavy atom. The molecule has 1 aromatic heterocycles. The first-order chi connectivity index (χ1) is 13.2. The summed E-state index contributed by atoms with van der Waals surface area (Å²) in [5.74, 6) is 0.852. The van der Waals surface area contributed by atoms with Gasteiger partial charge in [-0.1, -0.05) is 17.7 Å². The number of aromatic nitrogens is 2. The number of hydrogen-bond donors (Lipinski definition) is 0.